The van der Waals surface area contributed by atoms with E-state index in [1.807, 2.05) is 24.4 Å². The van der Waals surface area contributed by atoms with E-state index in [1.165, 1.54) is 0 Å². The van der Waals surface area contributed by atoms with Gasteiger partial charge in [0.25, 0.3) is 0 Å². The molecule has 1 atom stereocenters. The SMILES string of the molecule is O=C1CCC(F)(CCC2c3c(Cl)cccc3-c3cncn32)CC1. The Morgan fingerprint density at radius 2 is 2.13 bits per heavy atom. The third kappa shape index (κ3) is 2.49. The Labute approximate surface area is 139 Å². The first-order valence-electron chi connectivity index (χ1n) is 8.09. The lowest BCUT2D eigenvalue weighted by molar-refractivity contribution is -0.123. The fourth-order valence-corrected chi connectivity index (χ4v) is 4.21. The van der Waals surface area contributed by atoms with Crippen molar-refractivity contribution in [2.24, 2.45) is 0 Å². The predicted octanol–water partition coefficient (Wildman–Crippen LogP) is 4.74. The lowest BCUT2D eigenvalue weighted by atomic mass is 9.81. The summed E-state index contributed by atoms with van der Waals surface area (Å²) < 4.78 is 17.1. The monoisotopic (exact) mass is 332 g/mol. The Balaban J connectivity index is 1.59. The molecule has 2 aromatic rings. The summed E-state index contributed by atoms with van der Waals surface area (Å²) >= 11 is 6.41. The zero-order valence-corrected chi connectivity index (χ0v) is 13.5. The van der Waals surface area contributed by atoms with Crippen LogP contribution in [-0.4, -0.2) is 21.0 Å². The molecule has 0 N–H and O–H groups in total. The van der Waals surface area contributed by atoms with E-state index in [2.05, 4.69) is 9.55 Å². The number of carbonyl (C=O) groups is 1. The van der Waals surface area contributed by atoms with Crippen LogP contribution in [0.2, 0.25) is 5.02 Å². The summed E-state index contributed by atoms with van der Waals surface area (Å²) in [6.45, 7) is 0. The maximum atomic E-state index is 15.0. The van der Waals surface area contributed by atoms with Gasteiger partial charge in [-0.25, -0.2) is 9.37 Å². The zero-order chi connectivity index (χ0) is 16.0. The summed E-state index contributed by atoms with van der Waals surface area (Å²) in [5.41, 5.74) is 1.98. The number of ketones is 1. The van der Waals surface area contributed by atoms with Crippen molar-refractivity contribution in [3.05, 3.63) is 41.3 Å². The smallest absolute Gasteiger partial charge is 0.133 e. The number of halogens is 2. The van der Waals surface area contributed by atoms with Gasteiger partial charge in [0.15, 0.2) is 0 Å². The Bertz CT molecular complexity index is 760. The van der Waals surface area contributed by atoms with Gasteiger partial charge >= 0.3 is 0 Å². The molecule has 2 heterocycles. The van der Waals surface area contributed by atoms with E-state index in [4.69, 9.17) is 11.6 Å². The number of nitrogens with zero attached hydrogens (tertiary/aromatic N) is 2. The lowest BCUT2D eigenvalue weighted by Crippen LogP contribution is -2.30. The Hall–Kier alpha value is -1.68. The number of carbonyl (C=O) groups excluding carboxylic acids is 1. The maximum Gasteiger partial charge on any atom is 0.133 e. The molecular formula is C18H18ClFN2O. The average Bonchev–Trinajstić information content (AvgIpc) is 3.11. The number of aromatic nitrogens is 2. The molecule has 1 aliphatic carbocycles. The Morgan fingerprint density at radius 3 is 2.91 bits per heavy atom. The van der Waals surface area contributed by atoms with Crippen molar-refractivity contribution >= 4 is 17.4 Å². The first-order chi connectivity index (χ1) is 11.1. The molecule has 0 bridgehead atoms. The summed E-state index contributed by atoms with van der Waals surface area (Å²) in [5, 5.41) is 0.725. The van der Waals surface area contributed by atoms with Crippen molar-refractivity contribution in [2.45, 2.75) is 50.2 Å². The second kappa shape index (κ2) is 5.45. The van der Waals surface area contributed by atoms with Crippen molar-refractivity contribution in [2.75, 3.05) is 0 Å². The lowest BCUT2D eigenvalue weighted by Gasteiger charge is -2.30. The fourth-order valence-electron chi connectivity index (χ4n) is 3.91. The minimum absolute atomic E-state index is 0.0291. The van der Waals surface area contributed by atoms with E-state index in [0.717, 1.165) is 21.8 Å². The molecule has 1 unspecified atom stereocenters. The van der Waals surface area contributed by atoms with Gasteiger partial charge in [0.05, 0.1) is 24.3 Å². The molecule has 1 aromatic carbocycles. The molecule has 2 aliphatic rings. The average molecular weight is 333 g/mol. The van der Waals surface area contributed by atoms with Crippen LogP contribution in [-0.2, 0) is 4.79 Å². The molecule has 4 rings (SSSR count). The van der Waals surface area contributed by atoms with Crippen LogP contribution in [0.4, 0.5) is 4.39 Å². The van der Waals surface area contributed by atoms with Gasteiger partial charge in [-0.05, 0) is 31.7 Å². The minimum atomic E-state index is -1.22. The third-order valence-electron chi connectivity index (χ3n) is 5.23. The number of benzene rings is 1. The van der Waals surface area contributed by atoms with Gasteiger partial charge in [0, 0.05) is 29.0 Å². The van der Waals surface area contributed by atoms with Crippen molar-refractivity contribution in [3.8, 4) is 11.3 Å². The standard InChI is InChI=1S/C18H18ClFN2O/c19-14-3-1-2-13-16-10-21-11-22(16)15(17(13)14)6-9-18(20)7-4-12(23)5-8-18/h1-3,10-11,15H,4-9H2. The normalized spacial score (nSPS) is 22.0. The molecule has 1 aromatic heterocycles. The predicted molar refractivity (Wildman–Crippen MR) is 87.4 cm³/mol. The highest BCUT2D eigenvalue weighted by molar-refractivity contribution is 6.32. The maximum absolute atomic E-state index is 15.0. The van der Waals surface area contributed by atoms with Gasteiger partial charge in [-0.1, -0.05) is 23.7 Å². The van der Waals surface area contributed by atoms with E-state index < -0.39 is 5.67 Å². The summed E-state index contributed by atoms with van der Waals surface area (Å²) in [6, 6.07) is 5.89. The van der Waals surface area contributed by atoms with Gasteiger partial charge in [-0.3, -0.25) is 4.79 Å². The van der Waals surface area contributed by atoms with Crippen molar-refractivity contribution in [1.29, 1.82) is 0 Å². The van der Waals surface area contributed by atoms with E-state index in [9.17, 15) is 9.18 Å². The van der Waals surface area contributed by atoms with Gasteiger partial charge in [-0.15, -0.1) is 0 Å². The van der Waals surface area contributed by atoms with Gasteiger partial charge in [0.1, 0.15) is 11.5 Å². The number of Topliss-reactive ketones (excluding diaryl/α,β-unsaturated/α-hetero) is 1. The summed E-state index contributed by atoms with van der Waals surface area (Å²) in [5.74, 6) is 0.185. The fraction of sp³-hybridized carbons (Fsp3) is 0.444. The molecule has 120 valence electrons. The highest BCUT2D eigenvalue weighted by Gasteiger charge is 2.37. The second-order valence-corrected chi connectivity index (χ2v) is 7.04. The van der Waals surface area contributed by atoms with Gasteiger partial charge in [-0.2, -0.15) is 0 Å². The van der Waals surface area contributed by atoms with Crippen LogP contribution in [0.15, 0.2) is 30.7 Å². The number of fused-ring (bicyclic) bond motifs is 3. The van der Waals surface area contributed by atoms with E-state index in [0.29, 0.717) is 38.5 Å². The van der Waals surface area contributed by atoms with Crippen molar-refractivity contribution in [1.82, 2.24) is 9.55 Å². The molecule has 1 fully saturated rings. The number of hydrogen-bond donors (Lipinski definition) is 0. The summed E-state index contributed by atoms with van der Waals surface area (Å²) in [4.78, 5) is 15.6. The topological polar surface area (TPSA) is 34.9 Å². The highest BCUT2D eigenvalue weighted by atomic mass is 35.5. The molecule has 1 aliphatic heterocycles. The van der Waals surface area contributed by atoms with Crippen LogP contribution in [0, 0.1) is 0 Å². The Kier molecular flexibility index (Phi) is 3.52. The van der Waals surface area contributed by atoms with E-state index >= 15 is 0 Å². The molecule has 23 heavy (non-hydrogen) atoms. The second-order valence-electron chi connectivity index (χ2n) is 6.63. The summed E-state index contributed by atoms with van der Waals surface area (Å²) in [6.07, 6.45) is 6.20. The van der Waals surface area contributed by atoms with E-state index in [1.54, 1.807) is 6.33 Å². The molecular weight excluding hydrogens is 315 g/mol. The third-order valence-corrected chi connectivity index (χ3v) is 5.56. The van der Waals surface area contributed by atoms with Crippen molar-refractivity contribution in [3.63, 3.8) is 0 Å². The van der Waals surface area contributed by atoms with Gasteiger partial charge < -0.3 is 4.57 Å². The molecule has 0 radical (unpaired) electrons. The van der Waals surface area contributed by atoms with Crippen LogP contribution in [0.1, 0.15) is 50.1 Å². The molecule has 0 spiro atoms. The first-order valence-corrected chi connectivity index (χ1v) is 8.46. The summed E-state index contributed by atoms with van der Waals surface area (Å²) in [7, 11) is 0. The van der Waals surface area contributed by atoms with Crippen LogP contribution in [0.25, 0.3) is 11.3 Å². The minimum Gasteiger partial charge on any atom is -0.323 e. The Morgan fingerprint density at radius 1 is 1.35 bits per heavy atom. The van der Waals surface area contributed by atoms with Crippen molar-refractivity contribution < 1.29 is 9.18 Å². The largest absolute Gasteiger partial charge is 0.323 e. The number of imidazole rings is 1. The number of rotatable bonds is 3. The number of hydrogen-bond acceptors (Lipinski definition) is 2. The van der Waals surface area contributed by atoms with Crippen LogP contribution in [0.3, 0.4) is 0 Å². The first kappa shape index (κ1) is 14.9. The highest BCUT2D eigenvalue weighted by Crippen LogP contribution is 2.46. The number of alkyl halides is 1. The van der Waals surface area contributed by atoms with Gasteiger partial charge in [0.2, 0.25) is 0 Å². The quantitative estimate of drug-likeness (QED) is 0.813. The molecule has 0 amide bonds. The van der Waals surface area contributed by atoms with E-state index in [-0.39, 0.29) is 11.8 Å². The molecule has 5 heteroatoms. The van der Waals surface area contributed by atoms with Crippen LogP contribution < -0.4 is 0 Å². The molecule has 3 nitrogen and oxygen atoms in total. The van der Waals surface area contributed by atoms with Crippen LogP contribution >= 0.6 is 11.6 Å². The molecule has 1 saturated carbocycles. The molecule has 0 saturated heterocycles. The van der Waals surface area contributed by atoms with Crippen LogP contribution in [0.5, 0.6) is 0 Å². The zero-order valence-electron chi connectivity index (χ0n) is 12.8.